The lowest BCUT2D eigenvalue weighted by atomic mass is 10.0. The largest absolute Gasteiger partial charge is 0.497 e. The molecule has 1 amide bonds. The van der Waals surface area contributed by atoms with E-state index in [0.717, 1.165) is 30.6 Å². The van der Waals surface area contributed by atoms with E-state index < -0.39 is 6.10 Å². The molecule has 182 valence electrons. The van der Waals surface area contributed by atoms with Gasteiger partial charge in [-0.25, -0.2) is 0 Å². The first-order valence-electron chi connectivity index (χ1n) is 11.6. The molecule has 1 aromatic carbocycles. The van der Waals surface area contributed by atoms with Crippen molar-refractivity contribution in [1.29, 1.82) is 0 Å². The Kier molecular flexibility index (Phi) is 8.46. The second-order valence-electron chi connectivity index (χ2n) is 8.68. The summed E-state index contributed by atoms with van der Waals surface area (Å²) >= 11 is 1.73. The maximum absolute atomic E-state index is 13.5. The van der Waals surface area contributed by atoms with Gasteiger partial charge in [0.1, 0.15) is 24.7 Å². The zero-order valence-corrected chi connectivity index (χ0v) is 20.3. The molecule has 1 aliphatic carbocycles. The fourth-order valence-electron chi connectivity index (χ4n) is 4.36. The molecule has 1 aliphatic heterocycles. The number of ether oxygens (including phenoxy) is 3. The lowest BCUT2D eigenvalue weighted by Crippen LogP contribution is -2.48. The van der Waals surface area contributed by atoms with Gasteiger partial charge in [-0.15, -0.1) is 17.8 Å². The topological polar surface area (TPSA) is 71.5 Å². The number of hydrogen-bond donors (Lipinski definition) is 1. The molecule has 1 fully saturated rings. The molecule has 1 saturated carbocycles. The number of thiophene rings is 1. The van der Waals surface area contributed by atoms with Crippen LogP contribution in [0.1, 0.15) is 29.3 Å². The zero-order valence-electron chi connectivity index (χ0n) is 19.5. The number of amides is 1. The monoisotopic (exact) mass is 484 g/mol. The van der Waals surface area contributed by atoms with Gasteiger partial charge in [0.2, 0.25) is 5.91 Å². The van der Waals surface area contributed by atoms with E-state index in [-0.39, 0.29) is 31.7 Å². The second kappa shape index (κ2) is 11.7. The van der Waals surface area contributed by atoms with Crippen molar-refractivity contribution >= 4 is 17.2 Å². The third-order valence-corrected chi connectivity index (χ3v) is 7.20. The van der Waals surface area contributed by atoms with Crippen molar-refractivity contribution in [3.63, 3.8) is 0 Å². The minimum absolute atomic E-state index is 0.0553. The summed E-state index contributed by atoms with van der Waals surface area (Å²) in [5.74, 6) is 3.90. The van der Waals surface area contributed by atoms with Crippen molar-refractivity contribution in [3.8, 4) is 23.8 Å². The van der Waals surface area contributed by atoms with Gasteiger partial charge in [-0.2, -0.15) is 0 Å². The summed E-state index contributed by atoms with van der Waals surface area (Å²) in [5, 5.41) is 12.4. The van der Waals surface area contributed by atoms with Crippen LogP contribution in [0.25, 0.3) is 0 Å². The quantitative estimate of drug-likeness (QED) is 0.369. The van der Waals surface area contributed by atoms with Crippen LogP contribution in [0.2, 0.25) is 0 Å². The summed E-state index contributed by atoms with van der Waals surface area (Å²) in [6.45, 7) is 2.03. The third-order valence-electron chi connectivity index (χ3n) is 6.21. The Hall–Kier alpha value is -2.57. The van der Waals surface area contributed by atoms with Crippen LogP contribution < -0.4 is 9.47 Å². The number of rotatable bonds is 12. The smallest absolute Gasteiger partial charge is 0.237 e. The number of fused-ring (bicyclic) bond motifs is 1. The van der Waals surface area contributed by atoms with Crippen molar-refractivity contribution in [2.24, 2.45) is 0 Å². The number of carbonyl (C=O) groups excluding carboxylic acids is 1. The summed E-state index contributed by atoms with van der Waals surface area (Å²) in [4.78, 5) is 18.8. The molecular formula is C26H32N2O5S. The molecule has 7 nitrogen and oxygen atoms in total. The summed E-state index contributed by atoms with van der Waals surface area (Å²) in [5.41, 5.74) is 1.16. The molecule has 4 rings (SSSR count). The molecule has 2 aliphatic rings. The van der Waals surface area contributed by atoms with E-state index in [2.05, 4.69) is 22.3 Å². The standard InChI is InChI=1S/C26H32N2O5S/c1-3-12-32-17-20(29)15-27(19-7-8-19)16-26(30)28-11-9-25-23(10-13-34-25)24(28)18-33-22-6-4-5-21(14-22)31-2/h1,4-6,10,13-14,19-20,24,29H,7-9,11-12,15-18H2,2H3/t20-,24+/m0/s1. The van der Waals surface area contributed by atoms with Gasteiger partial charge in [-0.3, -0.25) is 9.69 Å². The van der Waals surface area contributed by atoms with Crippen LogP contribution in [-0.4, -0.2) is 79.5 Å². The van der Waals surface area contributed by atoms with E-state index in [9.17, 15) is 9.90 Å². The maximum atomic E-state index is 13.5. The maximum Gasteiger partial charge on any atom is 0.237 e. The Morgan fingerprint density at radius 2 is 2.18 bits per heavy atom. The van der Waals surface area contributed by atoms with Gasteiger partial charge in [0.05, 0.1) is 32.4 Å². The molecule has 1 aromatic heterocycles. The van der Waals surface area contributed by atoms with Gasteiger partial charge in [0.25, 0.3) is 0 Å². The minimum atomic E-state index is -0.682. The number of aliphatic hydroxyl groups is 1. The minimum Gasteiger partial charge on any atom is -0.497 e. The van der Waals surface area contributed by atoms with Crippen LogP contribution in [0.15, 0.2) is 35.7 Å². The van der Waals surface area contributed by atoms with Crippen molar-refractivity contribution < 1.29 is 24.1 Å². The molecule has 0 radical (unpaired) electrons. The van der Waals surface area contributed by atoms with Gasteiger partial charge in [-0.1, -0.05) is 12.0 Å². The van der Waals surface area contributed by atoms with E-state index in [1.165, 1.54) is 4.88 Å². The van der Waals surface area contributed by atoms with Gasteiger partial charge >= 0.3 is 0 Å². The first-order valence-corrected chi connectivity index (χ1v) is 12.5. The number of terminal acetylenes is 1. The van der Waals surface area contributed by atoms with Crippen LogP contribution in [0.4, 0.5) is 0 Å². The van der Waals surface area contributed by atoms with E-state index in [0.29, 0.717) is 31.5 Å². The highest BCUT2D eigenvalue weighted by molar-refractivity contribution is 7.10. The molecule has 2 atom stereocenters. The van der Waals surface area contributed by atoms with Crippen molar-refractivity contribution in [2.45, 2.75) is 37.5 Å². The molecule has 2 aromatic rings. The van der Waals surface area contributed by atoms with Gasteiger partial charge in [0.15, 0.2) is 0 Å². The number of benzene rings is 1. The molecule has 0 bridgehead atoms. The summed E-state index contributed by atoms with van der Waals surface area (Å²) in [6, 6.07) is 9.79. The van der Waals surface area contributed by atoms with Crippen LogP contribution in [0.5, 0.6) is 11.5 Å². The average molecular weight is 485 g/mol. The lowest BCUT2D eigenvalue weighted by Gasteiger charge is -2.37. The lowest BCUT2D eigenvalue weighted by molar-refractivity contribution is -0.136. The van der Waals surface area contributed by atoms with Crippen LogP contribution >= 0.6 is 11.3 Å². The molecule has 34 heavy (non-hydrogen) atoms. The highest BCUT2D eigenvalue weighted by atomic mass is 32.1. The number of carbonyl (C=O) groups is 1. The van der Waals surface area contributed by atoms with Crippen LogP contribution in [0, 0.1) is 12.3 Å². The van der Waals surface area contributed by atoms with E-state index in [1.807, 2.05) is 29.2 Å². The average Bonchev–Trinajstić information content (AvgIpc) is 3.59. The number of aliphatic hydroxyl groups excluding tert-OH is 1. The Bertz CT molecular complexity index is 999. The zero-order chi connectivity index (χ0) is 23.9. The molecule has 0 unspecified atom stereocenters. The van der Waals surface area contributed by atoms with Gasteiger partial charge in [0, 0.05) is 30.1 Å². The number of nitrogens with zero attached hydrogens (tertiary/aromatic N) is 2. The van der Waals surface area contributed by atoms with Crippen molar-refractivity contribution in [2.75, 3.05) is 46.6 Å². The normalized spacial score (nSPS) is 18.3. The number of methoxy groups -OCH3 is 1. The molecular weight excluding hydrogens is 452 g/mol. The van der Waals surface area contributed by atoms with E-state index in [1.54, 1.807) is 18.4 Å². The Morgan fingerprint density at radius 1 is 1.35 bits per heavy atom. The van der Waals surface area contributed by atoms with Gasteiger partial charge in [-0.05, 0) is 48.4 Å². The molecule has 0 saturated heterocycles. The van der Waals surface area contributed by atoms with Gasteiger partial charge < -0.3 is 24.2 Å². The highest BCUT2D eigenvalue weighted by Crippen LogP contribution is 2.35. The van der Waals surface area contributed by atoms with E-state index >= 15 is 0 Å². The predicted molar refractivity (Wildman–Crippen MR) is 131 cm³/mol. The van der Waals surface area contributed by atoms with Crippen molar-refractivity contribution in [3.05, 3.63) is 46.2 Å². The highest BCUT2D eigenvalue weighted by Gasteiger charge is 2.36. The summed E-state index contributed by atoms with van der Waals surface area (Å²) < 4.78 is 16.7. The summed E-state index contributed by atoms with van der Waals surface area (Å²) in [7, 11) is 1.63. The first kappa shape index (κ1) is 24.6. The Balaban J connectivity index is 1.42. The molecule has 0 spiro atoms. The Morgan fingerprint density at radius 3 is 2.94 bits per heavy atom. The SMILES string of the molecule is C#CCOC[C@@H](O)CN(CC(=O)N1CCc2sccc2[C@H]1COc1cccc(OC)c1)C1CC1. The second-order valence-corrected chi connectivity index (χ2v) is 9.68. The van der Waals surface area contributed by atoms with E-state index in [4.69, 9.17) is 20.6 Å². The Labute approximate surface area is 205 Å². The van der Waals surface area contributed by atoms with Crippen LogP contribution in [0.3, 0.4) is 0 Å². The first-order chi connectivity index (χ1) is 16.6. The molecule has 2 heterocycles. The molecule has 1 N–H and O–H groups in total. The fraction of sp³-hybridized carbons (Fsp3) is 0.500. The summed E-state index contributed by atoms with van der Waals surface area (Å²) in [6.07, 6.45) is 7.46. The predicted octanol–water partition coefficient (Wildman–Crippen LogP) is 2.74. The van der Waals surface area contributed by atoms with Crippen LogP contribution in [-0.2, 0) is 16.0 Å². The third kappa shape index (κ3) is 6.30. The molecule has 8 heteroatoms. The fourth-order valence-corrected chi connectivity index (χ4v) is 5.29. The number of hydrogen-bond acceptors (Lipinski definition) is 7. The van der Waals surface area contributed by atoms with Crippen molar-refractivity contribution in [1.82, 2.24) is 9.80 Å².